The van der Waals surface area contributed by atoms with Crippen molar-refractivity contribution in [1.82, 2.24) is 0 Å². The Labute approximate surface area is 277 Å². The number of benzene rings is 11. The minimum Gasteiger partial charge on any atom is -0.0616 e. The van der Waals surface area contributed by atoms with Crippen molar-refractivity contribution in [2.75, 3.05) is 0 Å². The summed E-state index contributed by atoms with van der Waals surface area (Å²) < 4.78 is 0. The average Bonchev–Trinajstić information content (AvgIpc) is 3.15. The van der Waals surface area contributed by atoms with Gasteiger partial charge in [0.2, 0.25) is 0 Å². The van der Waals surface area contributed by atoms with Crippen molar-refractivity contribution in [2.24, 2.45) is 0 Å². The summed E-state index contributed by atoms with van der Waals surface area (Å²) >= 11 is 0. The first kappa shape index (κ1) is 25.9. The van der Waals surface area contributed by atoms with Crippen LogP contribution in [0.4, 0.5) is 0 Å². The summed E-state index contributed by atoms with van der Waals surface area (Å²) in [5.41, 5.74) is 5.17. The molecule has 0 aliphatic rings. The summed E-state index contributed by atoms with van der Waals surface area (Å²) in [6, 6.07) is 63.5. The Hall–Kier alpha value is -6.24. The number of hydrogen-bond acceptors (Lipinski definition) is 0. The van der Waals surface area contributed by atoms with Gasteiger partial charge in [-0.25, -0.2) is 0 Å². The second-order valence-electron chi connectivity index (χ2n) is 13.2. The maximum absolute atomic E-state index is 2.46. The highest BCUT2D eigenvalue weighted by Gasteiger charge is 2.25. The van der Waals surface area contributed by atoms with Crippen molar-refractivity contribution >= 4 is 86.2 Å². The van der Waals surface area contributed by atoms with E-state index >= 15 is 0 Å². The molecular weight excluding hydrogens is 577 g/mol. The van der Waals surface area contributed by atoms with E-state index < -0.39 is 0 Å². The maximum atomic E-state index is 2.46. The van der Waals surface area contributed by atoms with Crippen LogP contribution in [0.1, 0.15) is 0 Å². The van der Waals surface area contributed by atoms with Gasteiger partial charge in [-0.1, -0.05) is 158 Å². The van der Waals surface area contributed by atoms with E-state index in [9.17, 15) is 0 Å². The number of fused-ring (bicyclic) bond motifs is 7. The van der Waals surface area contributed by atoms with Crippen molar-refractivity contribution in [1.29, 1.82) is 0 Å². The molecule has 0 spiro atoms. The minimum atomic E-state index is 1.26. The van der Waals surface area contributed by atoms with Gasteiger partial charge < -0.3 is 0 Å². The summed E-state index contributed by atoms with van der Waals surface area (Å²) in [4.78, 5) is 0. The molecule has 0 heterocycles. The Bertz CT molecular complexity index is 2890. The van der Waals surface area contributed by atoms with E-state index in [4.69, 9.17) is 0 Å². The standard InChI is InChI=1S/C48H28/c1-2-14-34-28-42-41(27-33(34)13-1)45(37-21-7-15-29-11-3-5-19-35(29)37)47-39-23-9-17-31-25-26-32-18-10-24-40(44(32)43(31)39)48(47)46(42)38-22-8-16-30-12-4-6-20-36(30)38/h1-28H. The molecule has 0 heteroatoms. The van der Waals surface area contributed by atoms with Gasteiger partial charge in [-0.15, -0.1) is 0 Å². The van der Waals surface area contributed by atoms with Gasteiger partial charge in [0, 0.05) is 0 Å². The molecule has 0 nitrogen and oxygen atoms in total. The fourth-order valence-electron chi connectivity index (χ4n) is 8.73. The lowest BCUT2D eigenvalue weighted by atomic mass is 9.78. The molecule has 0 N–H and O–H groups in total. The molecule has 0 aromatic heterocycles. The minimum absolute atomic E-state index is 1.26. The average molecular weight is 605 g/mol. The zero-order chi connectivity index (χ0) is 31.3. The molecule has 11 aromatic carbocycles. The zero-order valence-corrected chi connectivity index (χ0v) is 26.2. The smallest absolute Gasteiger partial charge is 0.000718 e. The van der Waals surface area contributed by atoms with Gasteiger partial charge in [0.1, 0.15) is 0 Å². The highest BCUT2D eigenvalue weighted by molar-refractivity contribution is 6.42. The van der Waals surface area contributed by atoms with Crippen molar-refractivity contribution in [3.05, 3.63) is 170 Å². The van der Waals surface area contributed by atoms with E-state index in [0.717, 1.165) is 0 Å². The van der Waals surface area contributed by atoms with Gasteiger partial charge in [-0.2, -0.15) is 0 Å². The highest BCUT2D eigenvalue weighted by Crippen LogP contribution is 2.53. The van der Waals surface area contributed by atoms with E-state index in [0.29, 0.717) is 0 Å². The fraction of sp³-hybridized carbons (Fsp3) is 0. The highest BCUT2D eigenvalue weighted by atomic mass is 14.3. The third kappa shape index (κ3) is 3.44. The van der Waals surface area contributed by atoms with Crippen LogP contribution in [0.2, 0.25) is 0 Å². The van der Waals surface area contributed by atoms with Crippen LogP contribution in [0.15, 0.2) is 170 Å². The Morgan fingerprint density at radius 1 is 0.208 bits per heavy atom. The van der Waals surface area contributed by atoms with E-state index in [-0.39, 0.29) is 0 Å². The van der Waals surface area contributed by atoms with Crippen LogP contribution in [0.3, 0.4) is 0 Å². The molecule has 0 aliphatic carbocycles. The van der Waals surface area contributed by atoms with Crippen molar-refractivity contribution in [3.8, 4) is 22.3 Å². The Kier molecular flexibility index (Phi) is 5.20. The van der Waals surface area contributed by atoms with Crippen LogP contribution in [0.5, 0.6) is 0 Å². The van der Waals surface area contributed by atoms with Crippen molar-refractivity contribution < 1.29 is 0 Å². The summed E-state index contributed by atoms with van der Waals surface area (Å²) in [6.07, 6.45) is 0. The lowest BCUT2D eigenvalue weighted by Crippen LogP contribution is -1.96. The molecule has 0 amide bonds. The van der Waals surface area contributed by atoms with Gasteiger partial charge in [0.25, 0.3) is 0 Å². The molecule has 0 aliphatic heterocycles. The molecule has 0 radical (unpaired) electrons. The zero-order valence-electron chi connectivity index (χ0n) is 26.2. The number of rotatable bonds is 2. The summed E-state index contributed by atoms with van der Waals surface area (Å²) in [5.74, 6) is 0. The Morgan fingerprint density at radius 2 is 0.562 bits per heavy atom. The first-order chi connectivity index (χ1) is 23.8. The molecular formula is C48H28. The molecule has 11 aromatic rings. The summed E-state index contributed by atoms with van der Waals surface area (Å²) in [5, 5.41) is 20.7. The van der Waals surface area contributed by atoms with Gasteiger partial charge in [0.05, 0.1) is 0 Å². The molecule has 0 fully saturated rings. The van der Waals surface area contributed by atoms with Crippen LogP contribution in [0.25, 0.3) is 108 Å². The molecule has 0 saturated carbocycles. The van der Waals surface area contributed by atoms with Crippen LogP contribution in [-0.2, 0) is 0 Å². The van der Waals surface area contributed by atoms with Crippen molar-refractivity contribution in [2.45, 2.75) is 0 Å². The second kappa shape index (κ2) is 9.64. The molecule has 48 heavy (non-hydrogen) atoms. The Balaban J connectivity index is 1.53. The largest absolute Gasteiger partial charge is 0.0616 e. The van der Waals surface area contributed by atoms with Crippen LogP contribution in [-0.4, -0.2) is 0 Å². The Morgan fingerprint density at radius 3 is 1.04 bits per heavy atom. The lowest BCUT2D eigenvalue weighted by molar-refractivity contribution is 1.71. The van der Waals surface area contributed by atoms with E-state index in [1.165, 1.54) is 108 Å². The van der Waals surface area contributed by atoms with E-state index in [2.05, 4.69) is 170 Å². The summed E-state index contributed by atoms with van der Waals surface area (Å²) in [7, 11) is 0. The third-order valence-corrected chi connectivity index (χ3v) is 10.7. The fourth-order valence-corrected chi connectivity index (χ4v) is 8.73. The first-order valence-electron chi connectivity index (χ1n) is 16.8. The van der Waals surface area contributed by atoms with Crippen molar-refractivity contribution in [3.63, 3.8) is 0 Å². The first-order valence-corrected chi connectivity index (χ1v) is 16.8. The number of hydrogen-bond donors (Lipinski definition) is 0. The SMILES string of the molecule is c1ccc2cc3c(-c4cccc5ccccc45)c4c5cccc6ccc7cccc(c4c(-c4cccc8ccccc48)c3cc2c1)c7c65. The van der Waals surface area contributed by atoms with Crippen LogP contribution < -0.4 is 0 Å². The molecule has 220 valence electrons. The molecule has 11 rings (SSSR count). The monoisotopic (exact) mass is 604 g/mol. The third-order valence-electron chi connectivity index (χ3n) is 10.7. The lowest BCUT2D eigenvalue weighted by Gasteiger charge is -2.24. The topological polar surface area (TPSA) is 0 Å². The molecule has 0 bridgehead atoms. The predicted octanol–water partition coefficient (Wildman–Crippen LogP) is 13.7. The molecule has 0 saturated heterocycles. The second-order valence-corrected chi connectivity index (χ2v) is 13.2. The summed E-state index contributed by atoms with van der Waals surface area (Å²) in [6.45, 7) is 0. The van der Waals surface area contributed by atoms with Gasteiger partial charge >= 0.3 is 0 Å². The predicted molar refractivity (Wildman–Crippen MR) is 209 cm³/mol. The van der Waals surface area contributed by atoms with Gasteiger partial charge in [-0.3, -0.25) is 0 Å². The van der Waals surface area contributed by atoms with Crippen LogP contribution >= 0.6 is 0 Å². The normalized spacial score (nSPS) is 12.2. The molecule has 0 atom stereocenters. The molecule has 0 unspecified atom stereocenters. The van der Waals surface area contributed by atoms with Gasteiger partial charge in [-0.05, 0) is 121 Å². The maximum Gasteiger partial charge on any atom is -0.000718 e. The van der Waals surface area contributed by atoms with E-state index in [1.807, 2.05) is 0 Å². The quantitative estimate of drug-likeness (QED) is 0.136. The van der Waals surface area contributed by atoms with Crippen LogP contribution in [0, 0.1) is 0 Å². The van der Waals surface area contributed by atoms with E-state index in [1.54, 1.807) is 0 Å². The van der Waals surface area contributed by atoms with Gasteiger partial charge in [0.15, 0.2) is 0 Å².